The van der Waals surface area contributed by atoms with E-state index in [4.69, 9.17) is 5.73 Å². The van der Waals surface area contributed by atoms with Crippen molar-refractivity contribution in [3.63, 3.8) is 0 Å². The van der Waals surface area contributed by atoms with Crippen molar-refractivity contribution in [2.45, 2.75) is 33.2 Å². The molecule has 1 aliphatic rings. The molecule has 18 heavy (non-hydrogen) atoms. The highest BCUT2D eigenvalue weighted by molar-refractivity contribution is 5.75. The quantitative estimate of drug-likeness (QED) is 0.855. The SMILES string of the molecule is Cc1cc(C)n(CC2CCN(CC(N)=O)CC2)n1. The monoisotopic (exact) mass is 250 g/mol. The topological polar surface area (TPSA) is 64.2 Å². The standard InChI is InChI=1S/C13H22N4O/c1-10-7-11(2)17(15-10)8-12-3-5-16(6-4-12)9-13(14)18/h7,12H,3-6,8-9H2,1-2H3,(H2,14,18). The number of carbonyl (C=O) groups is 1. The summed E-state index contributed by atoms with van der Waals surface area (Å²) in [5.41, 5.74) is 7.52. The van der Waals surface area contributed by atoms with Gasteiger partial charge >= 0.3 is 0 Å². The average molecular weight is 250 g/mol. The number of rotatable bonds is 4. The van der Waals surface area contributed by atoms with E-state index in [1.165, 1.54) is 5.69 Å². The highest BCUT2D eigenvalue weighted by Gasteiger charge is 2.21. The normalized spacial score (nSPS) is 18.1. The van der Waals surface area contributed by atoms with Crippen molar-refractivity contribution in [3.05, 3.63) is 17.5 Å². The molecule has 1 aromatic heterocycles. The van der Waals surface area contributed by atoms with Crippen molar-refractivity contribution in [1.82, 2.24) is 14.7 Å². The highest BCUT2D eigenvalue weighted by atomic mass is 16.1. The fraction of sp³-hybridized carbons (Fsp3) is 0.692. The molecule has 1 fully saturated rings. The van der Waals surface area contributed by atoms with Crippen molar-refractivity contribution < 1.29 is 4.79 Å². The Hall–Kier alpha value is -1.36. The number of primary amides is 1. The number of nitrogens with zero attached hydrogens (tertiary/aromatic N) is 3. The predicted molar refractivity (Wildman–Crippen MR) is 70.1 cm³/mol. The number of nitrogens with two attached hydrogens (primary N) is 1. The molecule has 0 saturated carbocycles. The van der Waals surface area contributed by atoms with Gasteiger partial charge in [0.1, 0.15) is 0 Å². The van der Waals surface area contributed by atoms with Crippen LogP contribution in [0.2, 0.25) is 0 Å². The molecule has 0 spiro atoms. The number of amides is 1. The van der Waals surface area contributed by atoms with Crippen LogP contribution in [0.4, 0.5) is 0 Å². The van der Waals surface area contributed by atoms with Gasteiger partial charge in [-0.1, -0.05) is 0 Å². The Morgan fingerprint density at radius 2 is 2.11 bits per heavy atom. The van der Waals surface area contributed by atoms with E-state index in [2.05, 4.69) is 27.7 Å². The summed E-state index contributed by atoms with van der Waals surface area (Å²) in [7, 11) is 0. The zero-order chi connectivity index (χ0) is 13.1. The Kier molecular flexibility index (Phi) is 4.01. The Labute approximate surface area is 108 Å². The summed E-state index contributed by atoms with van der Waals surface area (Å²) < 4.78 is 2.10. The molecule has 2 rings (SSSR count). The first-order chi connectivity index (χ1) is 8.54. The van der Waals surface area contributed by atoms with Gasteiger partial charge in [-0.25, -0.2) is 0 Å². The van der Waals surface area contributed by atoms with E-state index < -0.39 is 0 Å². The number of likely N-dealkylation sites (tertiary alicyclic amines) is 1. The zero-order valence-corrected chi connectivity index (χ0v) is 11.2. The predicted octanol–water partition coefficient (Wildman–Crippen LogP) is 0.697. The van der Waals surface area contributed by atoms with Gasteiger partial charge in [0, 0.05) is 12.2 Å². The summed E-state index contributed by atoms with van der Waals surface area (Å²) in [6.45, 7) is 7.44. The van der Waals surface area contributed by atoms with Gasteiger partial charge in [-0.2, -0.15) is 5.10 Å². The maximum Gasteiger partial charge on any atom is 0.231 e. The summed E-state index contributed by atoms with van der Waals surface area (Å²) in [4.78, 5) is 13.0. The first-order valence-electron chi connectivity index (χ1n) is 6.56. The fourth-order valence-electron chi connectivity index (χ4n) is 2.65. The molecule has 2 N–H and O–H groups in total. The second kappa shape index (κ2) is 5.52. The lowest BCUT2D eigenvalue weighted by Crippen LogP contribution is -2.40. The number of aryl methyl sites for hydroxylation is 2. The third kappa shape index (κ3) is 3.32. The lowest BCUT2D eigenvalue weighted by molar-refractivity contribution is -0.119. The largest absolute Gasteiger partial charge is 0.369 e. The number of hydrogen-bond acceptors (Lipinski definition) is 3. The molecule has 100 valence electrons. The molecular weight excluding hydrogens is 228 g/mol. The van der Waals surface area contributed by atoms with Crippen molar-refractivity contribution in [2.75, 3.05) is 19.6 Å². The second-order valence-electron chi connectivity index (χ2n) is 5.30. The van der Waals surface area contributed by atoms with Crippen LogP contribution in [-0.4, -0.2) is 40.2 Å². The van der Waals surface area contributed by atoms with Crippen LogP contribution < -0.4 is 5.73 Å². The van der Waals surface area contributed by atoms with Gasteiger partial charge < -0.3 is 5.73 Å². The first kappa shape index (κ1) is 13.1. The van der Waals surface area contributed by atoms with Crippen LogP contribution in [0.25, 0.3) is 0 Å². The van der Waals surface area contributed by atoms with Crippen LogP contribution in [0.3, 0.4) is 0 Å². The van der Waals surface area contributed by atoms with E-state index in [1.807, 2.05) is 6.92 Å². The van der Waals surface area contributed by atoms with E-state index in [0.717, 1.165) is 38.2 Å². The van der Waals surface area contributed by atoms with E-state index in [1.54, 1.807) is 0 Å². The summed E-state index contributed by atoms with van der Waals surface area (Å²) in [5, 5.41) is 4.50. The smallest absolute Gasteiger partial charge is 0.231 e. The van der Waals surface area contributed by atoms with Crippen LogP contribution in [0.5, 0.6) is 0 Å². The number of carbonyl (C=O) groups excluding carboxylic acids is 1. The molecular formula is C13H22N4O. The van der Waals surface area contributed by atoms with Crippen LogP contribution in [0.15, 0.2) is 6.07 Å². The van der Waals surface area contributed by atoms with Crippen molar-refractivity contribution in [3.8, 4) is 0 Å². The minimum Gasteiger partial charge on any atom is -0.369 e. The fourth-order valence-corrected chi connectivity index (χ4v) is 2.65. The molecule has 1 aromatic rings. The lowest BCUT2D eigenvalue weighted by Gasteiger charge is -2.31. The number of hydrogen-bond donors (Lipinski definition) is 1. The van der Waals surface area contributed by atoms with Crippen LogP contribution in [0.1, 0.15) is 24.2 Å². The molecule has 5 heteroatoms. The van der Waals surface area contributed by atoms with Gasteiger partial charge in [0.05, 0.1) is 12.2 Å². The van der Waals surface area contributed by atoms with Gasteiger partial charge in [0.15, 0.2) is 0 Å². The lowest BCUT2D eigenvalue weighted by atomic mass is 9.97. The summed E-state index contributed by atoms with van der Waals surface area (Å²) in [6, 6.07) is 2.11. The van der Waals surface area contributed by atoms with Crippen LogP contribution in [0, 0.1) is 19.8 Å². The number of piperidine rings is 1. The maximum absolute atomic E-state index is 10.9. The van der Waals surface area contributed by atoms with Gasteiger partial charge in [0.2, 0.25) is 5.91 Å². The molecule has 5 nitrogen and oxygen atoms in total. The Morgan fingerprint density at radius 1 is 1.44 bits per heavy atom. The molecule has 1 saturated heterocycles. The van der Waals surface area contributed by atoms with Gasteiger partial charge in [-0.05, 0) is 51.8 Å². The van der Waals surface area contributed by atoms with E-state index in [0.29, 0.717) is 12.5 Å². The summed E-state index contributed by atoms with van der Waals surface area (Å²) >= 11 is 0. The van der Waals surface area contributed by atoms with Crippen molar-refractivity contribution in [2.24, 2.45) is 11.7 Å². The molecule has 2 heterocycles. The molecule has 0 bridgehead atoms. The second-order valence-corrected chi connectivity index (χ2v) is 5.30. The van der Waals surface area contributed by atoms with Crippen molar-refractivity contribution in [1.29, 1.82) is 0 Å². The molecule has 0 aromatic carbocycles. The average Bonchev–Trinajstić information content (AvgIpc) is 2.59. The molecule has 0 unspecified atom stereocenters. The Morgan fingerprint density at radius 3 is 2.61 bits per heavy atom. The van der Waals surface area contributed by atoms with E-state index in [-0.39, 0.29) is 5.91 Å². The maximum atomic E-state index is 10.9. The van der Waals surface area contributed by atoms with Crippen LogP contribution >= 0.6 is 0 Å². The molecule has 0 atom stereocenters. The van der Waals surface area contributed by atoms with Gasteiger partial charge in [-0.15, -0.1) is 0 Å². The summed E-state index contributed by atoms with van der Waals surface area (Å²) in [5.74, 6) is 0.430. The third-order valence-electron chi connectivity index (χ3n) is 3.62. The van der Waals surface area contributed by atoms with E-state index >= 15 is 0 Å². The first-order valence-corrected chi connectivity index (χ1v) is 6.56. The highest BCUT2D eigenvalue weighted by Crippen LogP contribution is 2.19. The third-order valence-corrected chi connectivity index (χ3v) is 3.62. The molecule has 0 radical (unpaired) electrons. The number of aromatic nitrogens is 2. The minimum atomic E-state index is -0.230. The van der Waals surface area contributed by atoms with Gasteiger partial charge in [0.25, 0.3) is 0 Å². The Bertz CT molecular complexity index is 419. The zero-order valence-electron chi connectivity index (χ0n) is 11.2. The minimum absolute atomic E-state index is 0.230. The van der Waals surface area contributed by atoms with Crippen molar-refractivity contribution >= 4 is 5.91 Å². The molecule has 1 amide bonds. The van der Waals surface area contributed by atoms with Crippen LogP contribution in [-0.2, 0) is 11.3 Å². The molecule has 1 aliphatic heterocycles. The molecule has 0 aliphatic carbocycles. The summed E-state index contributed by atoms with van der Waals surface area (Å²) in [6.07, 6.45) is 2.23. The Balaban J connectivity index is 1.83. The van der Waals surface area contributed by atoms with E-state index in [9.17, 15) is 4.79 Å². The van der Waals surface area contributed by atoms with Gasteiger partial charge in [-0.3, -0.25) is 14.4 Å².